The van der Waals surface area contributed by atoms with Crippen molar-refractivity contribution in [2.75, 3.05) is 13.2 Å². The Labute approximate surface area is 201 Å². The standard InChI is InChI=1S/C23H28O12/c1-13(24)29-11-18-20(32-14(2)25)21(33-15(3)26)22(34-16(4)27)23(35-18)31-12-19(28)30-10-17-8-6-5-7-9-17/h5-9,18,20-23H,10-12H2,1-4H3/t18-,20-,21+,22-,23-/m1/s1. The van der Waals surface area contributed by atoms with Crippen LogP contribution in [-0.4, -0.2) is 73.8 Å². The minimum Gasteiger partial charge on any atom is -0.463 e. The molecule has 1 aliphatic rings. The minimum atomic E-state index is -1.46. The number of carbonyl (C=O) groups is 5. The van der Waals surface area contributed by atoms with Gasteiger partial charge in [-0.2, -0.15) is 0 Å². The van der Waals surface area contributed by atoms with Gasteiger partial charge in [0.1, 0.15) is 25.9 Å². The van der Waals surface area contributed by atoms with E-state index in [0.29, 0.717) is 0 Å². The molecule has 1 heterocycles. The van der Waals surface area contributed by atoms with Gasteiger partial charge in [-0.05, 0) is 5.56 Å². The third-order valence-electron chi connectivity index (χ3n) is 4.56. The summed E-state index contributed by atoms with van der Waals surface area (Å²) in [5.74, 6) is -3.71. The van der Waals surface area contributed by atoms with Gasteiger partial charge in [0.05, 0.1) is 0 Å². The monoisotopic (exact) mass is 496 g/mol. The van der Waals surface area contributed by atoms with E-state index in [2.05, 4.69) is 0 Å². The zero-order chi connectivity index (χ0) is 26.0. The van der Waals surface area contributed by atoms with Crippen molar-refractivity contribution in [3.05, 3.63) is 35.9 Å². The second-order valence-electron chi connectivity index (χ2n) is 7.52. The Morgan fingerprint density at radius 2 is 1.31 bits per heavy atom. The maximum Gasteiger partial charge on any atom is 0.332 e. The molecule has 0 bridgehead atoms. The van der Waals surface area contributed by atoms with Crippen LogP contribution in [0.3, 0.4) is 0 Å². The van der Waals surface area contributed by atoms with E-state index in [1.54, 1.807) is 24.3 Å². The van der Waals surface area contributed by atoms with Crippen LogP contribution in [-0.2, 0) is 63.7 Å². The highest BCUT2D eigenvalue weighted by atomic mass is 16.7. The first-order valence-corrected chi connectivity index (χ1v) is 10.7. The van der Waals surface area contributed by atoms with Gasteiger partial charge in [-0.25, -0.2) is 4.79 Å². The molecular weight excluding hydrogens is 468 g/mol. The maximum atomic E-state index is 12.2. The first-order chi connectivity index (χ1) is 16.6. The Morgan fingerprint density at radius 1 is 0.743 bits per heavy atom. The van der Waals surface area contributed by atoms with Gasteiger partial charge in [0.15, 0.2) is 24.6 Å². The lowest BCUT2D eigenvalue weighted by Gasteiger charge is -2.43. The lowest BCUT2D eigenvalue weighted by molar-refractivity contribution is -0.307. The lowest BCUT2D eigenvalue weighted by Crippen LogP contribution is -2.63. The average Bonchev–Trinajstić information content (AvgIpc) is 2.78. The number of carbonyl (C=O) groups excluding carboxylic acids is 5. The van der Waals surface area contributed by atoms with Crippen LogP contribution in [0.25, 0.3) is 0 Å². The normalized spacial score (nSPS) is 23.5. The van der Waals surface area contributed by atoms with Gasteiger partial charge in [0, 0.05) is 27.7 Å². The summed E-state index contributed by atoms with van der Waals surface area (Å²) in [6, 6.07) is 8.94. The van der Waals surface area contributed by atoms with Crippen LogP contribution in [0, 0.1) is 0 Å². The molecule has 35 heavy (non-hydrogen) atoms. The third kappa shape index (κ3) is 9.33. The van der Waals surface area contributed by atoms with Gasteiger partial charge >= 0.3 is 29.8 Å². The molecule has 0 N–H and O–H groups in total. The molecule has 12 heteroatoms. The molecular formula is C23H28O12. The predicted molar refractivity (Wildman–Crippen MR) is 114 cm³/mol. The average molecular weight is 496 g/mol. The first-order valence-electron chi connectivity index (χ1n) is 10.7. The first kappa shape index (κ1) is 27.7. The van der Waals surface area contributed by atoms with E-state index in [0.717, 1.165) is 33.3 Å². The number of hydrogen-bond donors (Lipinski definition) is 0. The van der Waals surface area contributed by atoms with Gasteiger partial charge in [0.2, 0.25) is 0 Å². The van der Waals surface area contributed by atoms with Crippen molar-refractivity contribution in [2.24, 2.45) is 0 Å². The third-order valence-corrected chi connectivity index (χ3v) is 4.56. The van der Waals surface area contributed by atoms with Crippen molar-refractivity contribution in [2.45, 2.75) is 65.0 Å². The predicted octanol–water partition coefficient (Wildman–Crippen LogP) is 0.829. The van der Waals surface area contributed by atoms with Gasteiger partial charge < -0.3 is 33.2 Å². The Bertz CT molecular complexity index is 899. The second-order valence-corrected chi connectivity index (χ2v) is 7.52. The highest BCUT2D eigenvalue weighted by Crippen LogP contribution is 2.30. The Kier molecular flexibility index (Phi) is 10.6. The van der Waals surface area contributed by atoms with Crippen LogP contribution in [0.5, 0.6) is 0 Å². The summed E-state index contributed by atoms with van der Waals surface area (Å²) in [6.45, 7) is 3.45. The van der Waals surface area contributed by atoms with Crippen molar-refractivity contribution in [1.29, 1.82) is 0 Å². The van der Waals surface area contributed by atoms with E-state index in [9.17, 15) is 24.0 Å². The van der Waals surface area contributed by atoms with Crippen molar-refractivity contribution in [1.82, 2.24) is 0 Å². The van der Waals surface area contributed by atoms with Crippen molar-refractivity contribution < 1.29 is 57.1 Å². The molecule has 1 fully saturated rings. The van der Waals surface area contributed by atoms with E-state index in [1.807, 2.05) is 6.07 Å². The van der Waals surface area contributed by atoms with E-state index in [-0.39, 0.29) is 6.61 Å². The lowest BCUT2D eigenvalue weighted by atomic mass is 9.98. The van der Waals surface area contributed by atoms with Gasteiger partial charge in [-0.3, -0.25) is 19.2 Å². The van der Waals surface area contributed by atoms with Crippen molar-refractivity contribution in [3.8, 4) is 0 Å². The number of hydrogen-bond acceptors (Lipinski definition) is 12. The maximum absolute atomic E-state index is 12.2. The van der Waals surface area contributed by atoms with E-state index in [1.165, 1.54) is 0 Å². The van der Waals surface area contributed by atoms with Crippen LogP contribution in [0.4, 0.5) is 0 Å². The summed E-state index contributed by atoms with van der Waals surface area (Å²) in [5.41, 5.74) is 0.758. The quantitative estimate of drug-likeness (QED) is 0.333. The number of ether oxygens (including phenoxy) is 7. The smallest absolute Gasteiger partial charge is 0.332 e. The van der Waals surface area contributed by atoms with E-state index >= 15 is 0 Å². The molecule has 1 aromatic carbocycles. The summed E-state index contributed by atoms with van der Waals surface area (Å²) < 4.78 is 37.2. The van der Waals surface area contributed by atoms with Crippen LogP contribution >= 0.6 is 0 Å². The van der Waals surface area contributed by atoms with E-state index in [4.69, 9.17) is 33.2 Å². The molecule has 0 spiro atoms. The molecule has 0 amide bonds. The zero-order valence-electron chi connectivity index (χ0n) is 19.8. The summed E-state index contributed by atoms with van der Waals surface area (Å²) in [5, 5.41) is 0. The molecule has 0 aliphatic carbocycles. The van der Waals surface area contributed by atoms with Crippen LogP contribution in [0.15, 0.2) is 30.3 Å². The summed E-state index contributed by atoms with van der Waals surface area (Å²) >= 11 is 0. The molecule has 1 aromatic rings. The molecule has 192 valence electrons. The molecule has 2 rings (SSSR count). The van der Waals surface area contributed by atoms with Gasteiger partial charge in [0.25, 0.3) is 0 Å². The summed E-state index contributed by atoms with van der Waals surface area (Å²) in [7, 11) is 0. The number of benzene rings is 1. The molecule has 0 unspecified atom stereocenters. The fourth-order valence-corrected chi connectivity index (χ4v) is 3.25. The summed E-state index contributed by atoms with van der Waals surface area (Å²) in [4.78, 5) is 58.8. The molecule has 0 aromatic heterocycles. The fourth-order valence-electron chi connectivity index (χ4n) is 3.25. The highest BCUT2D eigenvalue weighted by Gasteiger charge is 2.52. The molecule has 1 aliphatic heterocycles. The molecule has 5 atom stereocenters. The van der Waals surface area contributed by atoms with Crippen LogP contribution < -0.4 is 0 Å². The number of esters is 5. The topological polar surface area (TPSA) is 150 Å². The largest absolute Gasteiger partial charge is 0.463 e. The van der Waals surface area contributed by atoms with Gasteiger partial charge in [-0.1, -0.05) is 30.3 Å². The molecule has 12 nitrogen and oxygen atoms in total. The fraction of sp³-hybridized carbons (Fsp3) is 0.522. The Balaban J connectivity index is 2.21. The minimum absolute atomic E-state index is 0.00159. The van der Waals surface area contributed by atoms with Crippen molar-refractivity contribution >= 4 is 29.8 Å². The second kappa shape index (κ2) is 13.4. The Hall–Kier alpha value is -3.51. The molecule has 0 radical (unpaired) electrons. The van der Waals surface area contributed by atoms with Gasteiger partial charge in [-0.15, -0.1) is 0 Å². The van der Waals surface area contributed by atoms with Crippen LogP contribution in [0.2, 0.25) is 0 Å². The van der Waals surface area contributed by atoms with E-state index < -0.39 is 73.8 Å². The zero-order valence-corrected chi connectivity index (χ0v) is 19.8. The van der Waals surface area contributed by atoms with Crippen molar-refractivity contribution in [3.63, 3.8) is 0 Å². The Morgan fingerprint density at radius 3 is 1.89 bits per heavy atom. The molecule has 0 saturated carbocycles. The summed E-state index contributed by atoms with van der Waals surface area (Å²) in [6.07, 6.45) is -6.76. The number of rotatable bonds is 10. The SMILES string of the molecule is CC(=O)OC[C@H]1O[C@@H](OCC(=O)OCc2ccccc2)[C@H](OC(C)=O)[C@@H](OC(C)=O)[C@@H]1OC(C)=O. The highest BCUT2D eigenvalue weighted by molar-refractivity contribution is 5.71. The molecule has 1 saturated heterocycles. The van der Waals surface area contributed by atoms with Crippen LogP contribution in [0.1, 0.15) is 33.3 Å².